The molecule has 9 rings (SSSR count). The Morgan fingerprint density at radius 1 is 0.338 bits per heavy atom. The first-order valence-corrected chi connectivity index (χ1v) is 25.2. The Kier molecular flexibility index (Phi) is 19.9. The maximum Gasteiger partial charge on any atom is 0.187 e. The average Bonchev–Trinajstić information content (AvgIpc) is 3.46. The van der Waals surface area contributed by atoms with Crippen molar-refractivity contribution < 1.29 is 47.4 Å². The largest absolute Gasteiger partial charge is 0.374 e. The van der Waals surface area contributed by atoms with Crippen molar-refractivity contribution in [2.24, 2.45) is 5.11 Å². The smallest absolute Gasteiger partial charge is 0.187 e. The lowest BCUT2D eigenvalue weighted by Gasteiger charge is -2.49. The molecule has 0 bridgehead atoms. The molecule has 0 amide bonds. The van der Waals surface area contributed by atoms with Gasteiger partial charge in [-0.25, -0.2) is 0 Å². The molecule has 2 aliphatic rings. The lowest BCUT2D eigenvalue weighted by Crippen LogP contribution is -2.66. The molecule has 10 atom stereocenters. The van der Waals surface area contributed by atoms with Crippen LogP contribution in [0.4, 0.5) is 0 Å². The maximum absolute atomic E-state index is 10.5. The van der Waals surface area contributed by atoms with E-state index in [4.69, 9.17) is 47.4 Å². The molecule has 0 N–H and O–H groups in total. The highest BCUT2D eigenvalue weighted by Crippen LogP contribution is 2.37. The zero-order valence-corrected chi connectivity index (χ0v) is 41.3. The molecule has 0 radical (unpaired) electrons. The van der Waals surface area contributed by atoms with Gasteiger partial charge in [0.2, 0.25) is 0 Å². The van der Waals surface area contributed by atoms with E-state index in [1.165, 1.54) is 0 Å². The monoisotopic (exact) mass is 997 g/mol. The van der Waals surface area contributed by atoms with Gasteiger partial charge in [0.25, 0.3) is 0 Å². The van der Waals surface area contributed by atoms with E-state index in [1.807, 2.05) is 212 Å². The Morgan fingerprint density at radius 2 is 0.635 bits per heavy atom. The normalized spacial score (nSPS) is 23.7. The molecule has 0 unspecified atom stereocenters. The zero-order chi connectivity index (χ0) is 50.4. The van der Waals surface area contributed by atoms with Crippen molar-refractivity contribution in [2.75, 3.05) is 13.2 Å². The van der Waals surface area contributed by atoms with Gasteiger partial charge in [0.05, 0.1) is 59.5 Å². The van der Waals surface area contributed by atoms with Gasteiger partial charge in [0, 0.05) is 4.91 Å². The van der Waals surface area contributed by atoms with E-state index in [0.29, 0.717) is 13.2 Å². The summed E-state index contributed by atoms with van der Waals surface area (Å²) in [5, 5.41) is 4.44. The van der Waals surface area contributed by atoms with Gasteiger partial charge in [0.15, 0.2) is 12.6 Å². The number of hydrogen-bond acceptors (Lipinski definition) is 11. The van der Waals surface area contributed by atoms with Gasteiger partial charge in [-0.2, -0.15) is 0 Å². The first kappa shape index (κ1) is 52.3. The molecule has 382 valence electrons. The van der Waals surface area contributed by atoms with Crippen LogP contribution in [-0.4, -0.2) is 74.6 Å². The molecule has 2 fully saturated rings. The minimum Gasteiger partial charge on any atom is -0.374 e. The molecule has 13 heteroatoms. The van der Waals surface area contributed by atoms with Gasteiger partial charge in [-0.3, -0.25) is 0 Å². The topological polar surface area (TPSA) is 141 Å². The zero-order valence-electron chi connectivity index (χ0n) is 41.3. The molecule has 13 nitrogen and oxygen atoms in total. The summed E-state index contributed by atoms with van der Waals surface area (Å²) in [6.45, 7) is 1.79. The molecule has 7 aromatic rings. The minimum atomic E-state index is -1.26. The van der Waals surface area contributed by atoms with E-state index in [9.17, 15) is 5.53 Å². The van der Waals surface area contributed by atoms with Crippen LogP contribution in [0.2, 0.25) is 0 Å². The van der Waals surface area contributed by atoms with Crippen molar-refractivity contribution in [1.29, 1.82) is 0 Å². The number of azide groups is 1. The van der Waals surface area contributed by atoms with Crippen molar-refractivity contribution in [3.63, 3.8) is 0 Å². The van der Waals surface area contributed by atoms with Crippen LogP contribution in [0.1, 0.15) is 38.9 Å². The third-order valence-corrected chi connectivity index (χ3v) is 12.9. The third kappa shape index (κ3) is 15.3. The number of nitrogens with zero attached hydrogens (tertiary/aromatic N) is 3. The molecule has 0 saturated carbocycles. The lowest BCUT2D eigenvalue weighted by molar-refractivity contribution is -0.363. The molecule has 0 aliphatic carbocycles. The van der Waals surface area contributed by atoms with E-state index < -0.39 is 61.3 Å². The number of rotatable bonds is 26. The second-order valence-electron chi connectivity index (χ2n) is 18.2. The molecular formula is C61H63N3O10. The minimum absolute atomic E-state index is 0.0802. The second-order valence-corrected chi connectivity index (χ2v) is 18.2. The summed E-state index contributed by atoms with van der Waals surface area (Å²) < 4.78 is 68.9. The highest BCUT2D eigenvalue weighted by Gasteiger charge is 2.54. The molecule has 2 heterocycles. The van der Waals surface area contributed by atoms with Crippen molar-refractivity contribution in [3.8, 4) is 0 Å². The third-order valence-electron chi connectivity index (χ3n) is 12.9. The van der Waals surface area contributed by atoms with E-state index in [2.05, 4.69) is 10.0 Å². The van der Waals surface area contributed by atoms with Gasteiger partial charge in [0.1, 0.15) is 48.8 Å². The number of ether oxygens (including phenoxy) is 10. The van der Waals surface area contributed by atoms with Crippen LogP contribution in [0, 0.1) is 0 Å². The average molecular weight is 998 g/mol. The standard InChI is InChI=1S/C61H63N3O10/c62-64-63-54-57(69-40-49-30-16-5-17-31-49)55(67-38-47-26-12-3-13-27-47)52(43-65-36-45-22-8-1-9-23-45)72-60(54)74-58-56(68-39-48-28-14-4-15-29-48)53(44-66-37-46-24-10-2-11-25-46)73-61(71-42-51-34-20-7-21-35-51)59(58)70-41-50-32-18-6-19-33-50/h1-35,52-61H,36-44H2/t52-,53-,54+,55-,56-,57-,58+,59-,60+,61-/m1/s1. The Labute approximate surface area is 433 Å². The van der Waals surface area contributed by atoms with Crippen molar-refractivity contribution in [2.45, 2.75) is 108 Å². The molecular weight excluding hydrogens is 935 g/mol. The second kappa shape index (κ2) is 28.2. The fourth-order valence-corrected chi connectivity index (χ4v) is 9.10. The summed E-state index contributed by atoms with van der Waals surface area (Å²) in [4.78, 5) is 3.41. The van der Waals surface area contributed by atoms with Crippen LogP contribution >= 0.6 is 0 Å². The summed E-state index contributed by atoms with van der Waals surface area (Å²) in [5.41, 5.74) is 17.1. The lowest BCUT2D eigenvalue weighted by atomic mass is 9.95. The van der Waals surface area contributed by atoms with Gasteiger partial charge >= 0.3 is 0 Å². The predicted octanol–water partition coefficient (Wildman–Crippen LogP) is 11.5. The fourth-order valence-electron chi connectivity index (χ4n) is 9.10. The maximum atomic E-state index is 10.5. The van der Waals surface area contributed by atoms with Crippen molar-refractivity contribution in [3.05, 3.63) is 262 Å². The summed E-state index contributed by atoms with van der Waals surface area (Å²) >= 11 is 0. The Morgan fingerprint density at radius 3 is 1.00 bits per heavy atom. The summed E-state index contributed by atoms with van der Waals surface area (Å²) in [5.74, 6) is 0. The highest BCUT2D eigenvalue weighted by atomic mass is 16.8. The molecule has 2 aliphatic heterocycles. The van der Waals surface area contributed by atoms with Gasteiger partial charge < -0.3 is 47.4 Å². The van der Waals surface area contributed by atoms with E-state index in [0.717, 1.165) is 38.9 Å². The van der Waals surface area contributed by atoms with E-state index in [-0.39, 0.29) is 46.2 Å². The van der Waals surface area contributed by atoms with Gasteiger partial charge in [-0.15, -0.1) is 0 Å². The van der Waals surface area contributed by atoms with E-state index in [1.54, 1.807) is 0 Å². The fraction of sp³-hybridized carbons (Fsp3) is 0.311. The summed E-state index contributed by atoms with van der Waals surface area (Å²) in [6.07, 6.45) is -8.31. The Bertz CT molecular complexity index is 2690. The SMILES string of the molecule is [N-]=[N+]=N[C@@H]1[C@H](O[C@@H]2[C@@H](OCc3ccccc3)[C@H](OCc3ccccc3)O[C@H](COCc3ccccc3)[C@H]2OCc2ccccc2)O[C@H](COCc2ccccc2)[C@@H](OCc2ccccc2)[C@@H]1OCc1ccccc1. The van der Waals surface area contributed by atoms with Crippen LogP contribution in [0.25, 0.3) is 10.4 Å². The summed E-state index contributed by atoms with van der Waals surface area (Å²) in [7, 11) is 0. The molecule has 0 spiro atoms. The number of benzene rings is 7. The van der Waals surface area contributed by atoms with Crippen LogP contribution < -0.4 is 0 Å². The molecule has 2 saturated heterocycles. The molecule has 0 aromatic heterocycles. The quantitative estimate of drug-likeness (QED) is 0.0292. The Hall–Kier alpha value is -6.55. The van der Waals surface area contributed by atoms with Crippen LogP contribution in [0.15, 0.2) is 217 Å². The van der Waals surface area contributed by atoms with Gasteiger partial charge in [-0.1, -0.05) is 217 Å². The van der Waals surface area contributed by atoms with E-state index >= 15 is 0 Å². The van der Waals surface area contributed by atoms with Gasteiger partial charge in [-0.05, 0) is 44.5 Å². The number of hydrogen-bond donors (Lipinski definition) is 0. The van der Waals surface area contributed by atoms with Crippen molar-refractivity contribution in [1.82, 2.24) is 0 Å². The van der Waals surface area contributed by atoms with Crippen molar-refractivity contribution >= 4 is 0 Å². The Balaban J connectivity index is 1.11. The van der Waals surface area contributed by atoms with Crippen LogP contribution in [0.5, 0.6) is 0 Å². The molecule has 7 aromatic carbocycles. The predicted molar refractivity (Wildman–Crippen MR) is 279 cm³/mol. The highest BCUT2D eigenvalue weighted by molar-refractivity contribution is 5.19. The molecule has 74 heavy (non-hydrogen) atoms. The van der Waals surface area contributed by atoms with Crippen LogP contribution in [-0.2, 0) is 93.6 Å². The first-order valence-electron chi connectivity index (χ1n) is 25.2. The first-order chi connectivity index (χ1) is 36.7. The van der Waals surface area contributed by atoms with Crippen LogP contribution in [0.3, 0.4) is 0 Å². The summed E-state index contributed by atoms with van der Waals surface area (Å²) in [6, 6.07) is 68.1.